The van der Waals surface area contributed by atoms with Gasteiger partial charge in [0.1, 0.15) is 0 Å². The fourth-order valence-corrected chi connectivity index (χ4v) is 4.35. The summed E-state index contributed by atoms with van der Waals surface area (Å²) in [6, 6.07) is 7.50. The van der Waals surface area contributed by atoms with Crippen molar-refractivity contribution in [3.8, 4) is 0 Å². The first-order valence-electron chi connectivity index (χ1n) is 7.57. The maximum atomic E-state index is 3.45. The predicted molar refractivity (Wildman–Crippen MR) is 79.6 cm³/mol. The fraction of sp³-hybridized carbons (Fsp3) is 0.529. The first-order valence-corrected chi connectivity index (χ1v) is 7.57. The SMILES string of the molecule is CC[C@@H]1CC2c3cccc4[nH]cc(c34)C[C@H]2N(C)C1. The molecule has 0 radical (unpaired) electrons. The number of nitrogens with one attached hydrogen (secondary N) is 1. The average Bonchev–Trinajstić information content (AvgIpc) is 2.85. The van der Waals surface area contributed by atoms with Crippen molar-refractivity contribution in [3.05, 3.63) is 35.5 Å². The van der Waals surface area contributed by atoms with Crippen molar-refractivity contribution in [1.82, 2.24) is 9.88 Å². The predicted octanol–water partition coefficient (Wildman–Crippen LogP) is 3.54. The molecule has 2 nitrogen and oxygen atoms in total. The summed E-state index contributed by atoms with van der Waals surface area (Å²) in [4.78, 5) is 6.06. The number of H-pyrrole nitrogens is 1. The Morgan fingerprint density at radius 2 is 2.26 bits per heavy atom. The molecule has 1 aromatic carbocycles. The third-order valence-electron chi connectivity index (χ3n) is 5.39. The Morgan fingerprint density at radius 3 is 3.11 bits per heavy atom. The van der Waals surface area contributed by atoms with Crippen LogP contribution in [-0.2, 0) is 6.42 Å². The van der Waals surface area contributed by atoms with Crippen LogP contribution in [0, 0.1) is 5.92 Å². The second kappa shape index (κ2) is 4.11. The normalized spacial score (nSPS) is 30.5. The first-order chi connectivity index (χ1) is 9.28. The number of fused-ring (bicyclic) bond motifs is 2. The zero-order valence-corrected chi connectivity index (χ0v) is 11.8. The molecule has 4 rings (SSSR count). The minimum Gasteiger partial charge on any atom is -0.361 e. The van der Waals surface area contributed by atoms with Gasteiger partial charge in [0.15, 0.2) is 0 Å². The molecule has 1 unspecified atom stereocenters. The average molecular weight is 254 g/mol. The van der Waals surface area contributed by atoms with Crippen LogP contribution in [0.25, 0.3) is 10.9 Å². The lowest BCUT2D eigenvalue weighted by atomic mass is 9.72. The van der Waals surface area contributed by atoms with E-state index in [-0.39, 0.29) is 0 Å². The first kappa shape index (κ1) is 11.5. The third-order valence-corrected chi connectivity index (χ3v) is 5.39. The molecular weight excluding hydrogens is 232 g/mol. The van der Waals surface area contributed by atoms with Gasteiger partial charge in [0, 0.05) is 35.6 Å². The number of piperidine rings is 1. The van der Waals surface area contributed by atoms with Crippen molar-refractivity contribution in [2.45, 2.75) is 38.1 Å². The molecule has 1 fully saturated rings. The Hall–Kier alpha value is -1.28. The number of benzene rings is 1. The number of hydrogen-bond donors (Lipinski definition) is 1. The summed E-state index contributed by atoms with van der Waals surface area (Å²) in [6.07, 6.45) is 6.12. The molecule has 19 heavy (non-hydrogen) atoms. The van der Waals surface area contributed by atoms with Gasteiger partial charge in [-0.15, -0.1) is 0 Å². The Labute approximate surface area is 114 Å². The van der Waals surface area contributed by atoms with Crippen molar-refractivity contribution in [2.75, 3.05) is 13.6 Å². The van der Waals surface area contributed by atoms with E-state index in [4.69, 9.17) is 0 Å². The maximum Gasteiger partial charge on any atom is 0.0459 e. The molecular formula is C17H22N2. The highest BCUT2D eigenvalue weighted by atomic mass is 15.1. The number of aromatic amines is 1. The van der Waals surface area contributed by atoms with E-state index in [0.717, 1.165) is 11.8 Å². The van der Waals surface area contributed by atoms with Crippen LogP contribution < -0.4 is 0 Å². The lowest BCUT2D eigenvalue weighted by molar-refractivity contribution is 0.110. The van der Waals surface area contributed by atoms with Gasteiger partial charge >= 0.3 is 0 Å². The van der Waals surface area contributed by atoms with Crippen molar-refractivity contribution >= 4 is 10.9 Å². The molecule has 0 spiro atoms. The highest BCUT2D eigenvalue weighted by Gasteiger charge is 2.38. The lowest BCUT2D eigenvalue weighted by Crippen LogP contribution is -2.47. The van der Waals surface area contributed by atoms with Crippen LogP contribution in [0.2, 0.25) is 0 Å². The van der Waals surface area contributed by atoms with Gasteiger partial charge in [0.2, 0.25) is 0 Å². The van der Waals surface area contributed by atoms with Crippen molar-refractivity contribution in [3.63, 3.8) is 0 Å². The summed E-state index contributed by atoms with van der Waals surface area (Å²) in [5, 5.41) is 1.52. The number of rotatable bonds is 1. The molecule has 0 bridgehead atoms. The molecule has 3 atom stereocenters. The molecule has 1 N–H and O–H groups in total. The van der Waals surface area contributed by atoms with E-state index in [0.29, 0.717) is 6.04 Å². The van der Waals surface area contributed by atoms with Crippen LogP contribution >= 0.6 is 0 Å². The fourth-order valence-electron chi connectivity index (χ4n) is 4.35. The zero-order valence-electron chi connectivity index (χ0n) is 11.8. The van der Waals surface area contributed by atoms with Gasteiger partial charge in [0.05, 0.1) is 0 Å². The van der Waals surface area contributed by atoms with E-state index in [1.54, 1.807) is 5.56 Å². The summed E-state index contributed by atoms with van der Waals surface area (Å²) < 4.78 is 0. The number of likely N-dealkylation sites (N-methyl/N-ethyl adjacent to an activating group) is 1. The summed E-state index contributed by atoms with van der Waals surface area (Å²) in [7, 11) is 2.32. The molecule has 100 valence electrons. The quantitative estimate of drug-likeness (QED) is 0.824. The molecule has 2 heterocycles. The van der Waals surface area contributed by atoms with E-state index < -0.39 is 0 Å². The van der Waals surface area contributed by atoms with Gasteiger partial charge in [-0.05, 0) is 43.0 Å². The smallest absolute Gasteiger partial charge is 0.0459 e. The maximum absolute atomic E-state index is 3.45. The Morgan fingerprint density at radius 1 is 1.37 bits per heavy atom. The van der Waals surface area contributed by atoms with Crippen molar-refractivity contribution in [2.24, 2.45) is 5.92 Å². The summed E-state index contributed by atoms with van der Waals surface area (Å²) >= 11 is 0. The zero-order chi connectivity index (χ0) is 13.0. The molecule has 1 aliphatic heterocycles. The van der Waals surface area contributed by atoms with Crippen molar-refractivity contribution < 1.29 is 0 Å². The highest BCUT2D eigenvalue weighted by molar-refractivity contribution is 5.88. The van der Waals surface area contributed by atoms with Gasteiger partial charge in [-0.3, -0.25) is 0 Å². The molecule has 0 saturated carbocycles. The van der Waals surface area contributed by atoms with Crippen LogP contribution in [-0.4, -0.2) is 29.5 Å². The summed E-state index contributed by atoms with van der Waals surface area (Å²) in [5.74, 6) is 1.60. The molecule has 1 aromatic heterocycles. The van der Waals surface area contributed by atoms with Crippen LogP contribution in [0.4, 0.5) is 0 Å². The minimum atomic E-state index is 0.705. The molecule has 0 amide bonds. The van der Waals surface area contributed by atoms with E-state index in [1.165, 1.54) is 42.3 Å². The lowest BCUT2D eigenvalue weighted by Gasteiger charge is -2.45. The van der Waals surface area contributed by atoms with Gasteiger partial charge < -0.3 is 9.88 Å². The van der Waals surface area contributed by atoms with Gasteiger partial charge in [0.25, 0.3) is 0 Å². The van der Waals surface area contributed by atoms with Gasteiger partial charge in [-0.2, -0.15) is 0 Å². The minimum absolute atomic E-state index is 0.705. The third kappa shape index (κ3) is 1.59. The Kier molecular flexibility index (Phi) is 2.49. The van der Waals surface area contributed by atoms with Crippen LogP contribution in [0.3, 0.4) is 0 Å². The summed E-state index contributed by atoms with van der Waals surface area (Å²) in [6.45, 7) is 3.61. The van der Waals surface area contributed by atoms with Gasteiger partial charge in [-0.25, -0.2) is 0 Å². The summed E-state index contributed by atoms with van der Waals surface area (Å²) in [5.41, 5.74) is 4.44. The number of likely N-dealkylation sites (tertiary alicyclic amines) is 1. The van der Waals surface area contributed by atoms with Crippen LogP contribution in [0.5, 0.6) is 0 Å². The van der Waals surface area contributed by atoms with Crippen molar-refractivity contribution in [1.29, 1.82) is 0 Å². The Bertz CT molecular complexity index is 613. The van der Waals surface area contributed by atoms with Gasteiger partial charge in [-0.1, -0.05) is 25.5 Å². The van der Waals surface area contributed by atoms with Crippen LogP contribution in [0.15, 0.2) is 24.4 Å². The molecule has 2 aliphatic rings. The highest BCUT2D eigenvalue weighted by Crippen LogP contribution is 2.44. The van der Waals surface area contributed by atoms with E-state index in [1.807, 2.05) is 0 Å². The molecule has 2 aromatic rings. The number of nitrogens with zero attached hydrogens (tertiary/aromatic N) is 1. The molecule has 2 heteroatoms. The second-order valence-electron chi connectivity index (χ2n) is 6.41. The van der Waals surface area contributed by atoms with E-state index in [9.17, 15) is 0 Å². The second-order valence-corrected chi connectivity index (χ2v) is 6.41. The van der Waals surface area contributed by atoms with E-state index >= 15 is 0 Å². The number of hydrogen-bond acceptors (Lipinski definition) is 1. The molecule has 1 saturated heterocycles. The van der Waals surface area contributed by atoms with E-state index in [2.05, 4.69) is 48.3 Å². The monoisotopic (exact) mass is 254 g/mol. The Balaban J connectivity index is 1.86. The molecule has 1 aliphatic carbocycles. The standard InChI is InChI=1S/C17H22N2/c1-3-11-7-14-13-5-4-6-15-17(13)12(9-18-15)8-16(14)19(2)10-11/h4-6,9,11,14,16,18H,3,7-8,10H2,1-2H3/t11-,14?,16-/m1/s1. The largest absolute Gasteiger partial charge is 0.361 e. The number of aromatic nitrogens is 1. The van der Waals surface area contributed by atoms with Crippen LogP contribution in [0.1, 0.15) is 36.8 Å². The topological polar surface area (TPSA) is 19.0 Å².